The highest BCUT2D eigenvalue weighted by molar-refractivity contribution is 5.97. The van der Waals surface area contributed by atoms with Gasteiger partial charge >= 0.3 is 5.97 Å². The van der Waals surface area contributed by atoms with Crippen LogP contribution in [-0.2, 0) is 14.3 Å². The molecule has 0 N–H and O–H groups in total. The zero-order valence-electron chi connectivity index (χ0n) is 16.5. The van der Waals surface area contributed by atoms with Gasteiger partial charge in [-0.2, -0.15) is 0 Å². The van der Waals surface area contributed by atoms with Crippen LogP contribution >= 0.6 is 0 Å². The van der Waals surface area contributed by atoms with Gasteiger partial charge in [0.05, 0.1) is 31.9 Å². The van der Waals surface area contributed by atoms with Crippen molar-refractivity contribution < 1.29 is 23.8 Å². The Hall–Kier alpha value is -2.41. The van der Waals surface area contributed by atoms with Crippen molar-refractivity contribution in [2.24, 2.45) is 5.92 Å². The maximum absolute atomic E-state index is 13.0. The Morgan fingerprint density at radius 1 is 1.15 bits per heavy atom. The summed E-state index contributed by atoms with van der Waals surface area (Å²) in [5, 5.41) is 0. The van der Waals surface area contributed by atoms with E-state index < -0.39 is 0 Å². The summed E-state index contributed by atoms with van der Waals surface area (Å²) in [4.78, 5) is 29.4. The average molecular weight is 376 g/mol. The van der Waals surface area contributed by atoms with Crippen molar-refractivity contribution in [1.29, 1.82) is 0 Å². The maximum atomic E-state index is 13.0. The molecule has 0 fully saturated rings. The Balaban J connectivity index is 2.25. The molecule has 0 aliphatic heterocycles. The van der Waals surface area contributed by atoms with E-state index in [1.54, 1.807) is 24.4 Å². The number of hydrogen-bond acceptors (Lipinski definition) is 6. The number of ether oxygens (including phenoxy) is 3. The molecule has 0 aliphatic carbocycles. The number of nitrogens with zero attached hydrogens (tertiary/aromatic N) is 2. The molecule has 7 nitrogen and oxygen atoms in total. The standard InChI is InChI=1S/C20H28N2O5/c1-5-25-13-15(12-18(24)27-7-3)11-16(23)19-14(4)21-20-17(26-6-2)9-8-10-22(19)20/h8-10,15H,5-7,11-13H2,1-4H3/t15-/m0/s1. The number of esters is 1. The number of aromatic nitrogens is 2. The number of aryl methyl sites for hydroxylation is 1. The molecule has 0 bridgehead atoms. The Morgan fingerprint density at radius 2 is 1.93 bits per heavy atom. The van der Waals surface area contributed by atoms with Gasteiger partial charge in [-0.25, -0.2) is 4.98 Å². The molecule has 2 heterocycles. The van der Waals surface area contributed by atoms with Crippen molar-refractivity contribution in [3.63, 3.8) is 0 Å². The molecule has 0 saturated carbocycles. The van der Waals surface area contributed by atoms with E-state index >= 15 is 0 Å². The highest BCUT2D eigenvalue weighted by Crippen LogP contribution is 2.24. The van der Waals surface area contributed by atoms with Crippen LogP contribution in [0.1, 0.15) is 49.8 Å². The summed E-state index contributed by atoms with van der Waals surface area (Å²) < 4.78 is 17.8. The van der Waals surface area contributed by atoms with Crippen LogP contribution in [0.5, 0.6) is 5.75 Å². The lowest BCUT2D eigenvalue weighted by atomic mass is 9.97. The third-order valence-electron chi connectivity index (χ3n) is 4.14. The summed E-state index contributed by atoms with van der Waals surface area (Å²) in [6.45, 7) is 9.05. The highest BCUT2D eigenvalue weighted by Gasteiger charge is 2.24. The molecule has 148 valence electrons. The first-order valence-electron chi connectivity index (χ1n) is 9.38. The number of carbonyl (C=O) groups is 2. The van der Waals surface area contributed by atoms with Crippen molar-refractivity contribution in [2.45, 2.75) is 40.5 Å². The van der Waals surface area contributed by atoms with E-state index in [4.69, 9.17) is 14.2 Å². The van der Waals surface area contributed by atoms with E-state index in [0.29, 0.717) is 49.2 Å². The molecule has 2 aromatic rings. The van der Waals surface area contributed by atoms with Gasteiger partial charge < -0.3 is 14.2 Å². The second-order valence-corrected chi connectivity index (χ2v) is 6.21. The minimum absolute atomic E-state index is 0.0809. The van der Waals surface area contributed by atoms with Crippen LogP contribution in [0.2, 0.25) is 0 Å². The van der Waals surface area contributed by atoms with Crippen LogP contribution in [0, 0.1) is 12.8 Å². The minimum atomic E-state index is -0.316. The molecule has 0 unspecified atom stereocenters. The average Bonchev–Trinajstić information content (AvgIpc) is 2.97. The monoisotopic (exact) mass is 376 g/mol. The number of rotatable bonds is 11. The van der Waals surface area contributed by atoms with Crippen LogP contribution in [-0.4, -0.2) is 47.6 Å². The number of carbonyl (C=O) groups excluding carboxylic acids is 2. The SMILES string of the molecule is CCOC[C@H](CC(=O)OCC)CC(=O)c1c(C)nc2c(OCC)cccn12. The van der Waals surface area contributed by atoms with Crippen molar-refractivity contribution in [3.8, 4) is 5.75 Å². The first kappa shape index (κ1) is 20.9. The summed E-state index contributed by atoms with van der Waals surface area (Å²) in [6.07, 6.45) is 2.14. The molecule has 0 radical (unpaired) electrons. The second-order valence-electron chi connectivity index (χ2n) is 6.21. The number of imidazole rings is 1. The number of ketones is 1. The molecular weight excluding hydrogens is 348 g/mol. The van der Waals surface area contributed by atoms with E-state index in [1.807, 2.05) is 26.0 Å². The predicted octanol–water partition coefficient (Wildman–Crippen LogP) is 3.22. The van der Waals surface area contributed by atoms with Gasteiger partial charge in [0.1, 0.15) is 5.69 Å². The lowest BCUT2D eigenvalue weighted by molar-refractivity contribution is -0.144. The number of pyridine rings is 1. The Kier molecular flexibility index (Phi) is 7.79. The third-order valence-corrected chi connectivity index (χ3v) is 4.14. The summed E-state index contributed by atoms with van der Waals surface area (Å²) >= 11 is 0. The van der Waals surface area contributed by atoms with Gasteiger partial charge in [-0.1, -0.05) is 0 Å². The summed E-state index contributed by atoms with van der Waals surface area (Å²) in [6, 6.07) is 3.66. The molecule has 2 aromatic heterocycles. The molecule has 0 saturated heterocycles. The molecular formula is C20H28N2O5. The van der Waals surface area contributed by atoms with E-state index in [-0.39, 0.29) is 30.5 Å². The van der Waals surface area contributed by atoms with Crippen LogP contribution < -0.4 is 4.74 Å². The molecule has 7 heteroatoms. The van der Waals surface area contributed by atoms with Gasteiger partial charge in [-0.3, -0.25) is 14.0 Å². The lowest BCUT2D eigenvalue weighted by Crippen LogP contribution is -2.21. The maximum Gasteiger partial charge on any atom is 0.306 e. The quantitative estimate of drug-likeness (QED) is 0.443. The molecule has 1 atom stereocenters. The summed E-state index contributed by atoms with van der Waals surface area (Å²) in [5.74, 6) is 0.00205. The molecule has 0 aliphatic rings. The van der Waals surface area contributed by atoms with Crippen molar-refractivity contribution in [1.82, 2.24) is 9.38 Å². The molecule has 0 spiro atoms. The zero-order chi connectivity index (χ0) is 19.8. The topological polar surface area (TPSA) is 79.1 Å². The lowest BCUT2D eigenvalue weighted by Gasteiger charge is -2.15. The Labute approximate surface area is 159 Å². The van der Waals surface area contributed by atoms with Crippen LogP contribution in [0.4, 0.5) is 0 Å². The summed E-state index contributed by atoms with van der Waals surface area (Å²) in [5.41, 5.74) is 1.77. The fourth-order valence-corrected chi connectivity index (χ4v) is 3.05. The minimum Gasteiger partial charge on any atom is -0.490 e. The van der Waals surface area contributed by atoms with E-state index in [0.717, 1.165) is 0 Å². The number of Topliss-reactive ketones (excluding diaryl/α,β-unsaturated/α-hetero) is 1. The molecule has 2 rings (SSSR count). The molecule has 0 aromatic carbocycles. The molecule has 0 amide bonds. The zero-order valence-corrected chi connectivity index (χ0v) is 16.5. The highest BCUT2D eigenvalue weighted by atomic mass is 16.5. The van der Waals surface area contributed by atoms with Gasteiger partial charge in [-0.05, 0) is 45.7 Å². The van der Waals surface area contributed by atoms with Crippen LogP contribution in [0.3, 0.4) is 0 Å². The van der Waals surface area contributed by atoms with E-state index in [1.165, 1.54) is 0 Å². The second kappa shape index (κ2) is 10.1. The van der Waals surface area contributed by atoms with Gasteiger partial charge in [-0.15, -0.1) is 0 Å². The van der Waals surface area contributed by atoms with E-state index in [9.17, 15) is 9.59 Å². The van der Waals surface area contributed by atoms with Gasteiger partial charge in [0.25, 0.3) is 0 Å². The fourth-order valence-electron chi connectivity index (χ4n) is 3.05. The first-order valence-corrected chi connectivity index (χ1v) is 9.38. The van der Waals surface area contributed by atoms with Gasteiger partial charge in [0, 0.05) is 19.2 Å². The summed E-state index contributed by atoms with van der Waals surface area (Å²) in [7, 11) is 0. The first-order chi connectivity index (χ1) is 13.0. The van der Waals surface area contributed by atoms with Crippen LogP contribution in [0.25, 0.3) is 5.65 Å². The third kappa shape index (κ3) is 5.29. The van der Waals surface area contributed by atoms with Crippen molar-refractivity contribution in [2.75, 3.05) is 26.4 Å². The number of fused-ring (bicyclic) bond motifs is 1. The largest absolute Gasteiger partial charge is 0.490 e. The van der Waals surface area contributed by atoms with Gasteiger partial charge in [0.15, 0.2) is 17.2 Å². The van der Waals surface area contributed by atoms with Gasteiger partial charge in [0.2, 0.25) is 0 Å². The molecule has 27 heavy (non-hydrogen) atoms. The Morgan fingerprint density at radius 3 is 2.59 bits per heavy atom. The van der Waals surface area contributed by atoms with Crippen LogP contribution in [0.15, 0.2) is 18.3 Å². The van der Waals surface area contributed by atoms with E-state index in [2.05, 4.69) is 4.98 Å². The Bertz CT molecular complexity index is 784. The number of hydrogen-bond donors (Lipinski definition) is 0. The normalized spacial score (nSPS) is 12.1. The van der Waals surface area contributed by atoms with Crippen molar-refractivity contribution in [3.05, 3.63) is 29.7 Å². The van der Waals surface area contributed by atoms with Crippen molar-refractivity contribution >= 4 is 17.4 Å². The fraction of sp³-hybridized carbons (Fsp3) is 0.550. The predicted molar refractivity (Wildman–Crippen MR) is 101 cm³/mol. The smallest absolute Gasteiger partial charge is 0.306 e.